The molecule has 6 heteroatoms. The first kappa shape index (κ1) is 10.7. The van der Waals surface area contributed by atoms with Crippen molar-refractivity contribution >= 4 is 11.9 Å². The monoisotopic (exact) mass is 221 g/mol. The molecule has 2 aromatic rings. The van der Waals surface area contributed by atoms with Gasteiger partial charge in [-0.15, -0.1) is 0 Å². The molecule has 0 aliphatic carbocycles. The van der Waals surface area contributed by atoms with Gasteiger partial charge in [0.1, 0.15) is 11.4 Å². The molecule has 2 rings (SSSR count). The third-order valence-electron chi connectivity index (χ3n) is 2.11. The largest absolute Gasteiger partial charge is 0.363 e. The summed E-state index contributed by atoms with van der Waals surface area (Å²) in [6, 6.07) is 3.21. The van der Waals surface area contributed by atoms with Gasteiger partial charge in [0, 0.05) is 6.61 Å². The van der Waals surface area contributed by atoms with E-state index in [2.05, 4.69) is 10.1 Å². The van der Waals surface area contributed by atoms with Crippen LogP contribution in [0.1, 0.15) is 29.4 Å². The van der Waals surface area contributed by atoms with Crippen molar-refractivity contribution in [2.75, 3.05) is 6.61 Å². The van der Waals surface area contributed by atoms with E-state index in [0.717, 1.165) is 0 Å². The Balaban J connectivity index is 2.49. The molecule has 0 aromatic carbocycles. The summed E-state index contributed by atoms with van der Waals surface area (Å²) in [4.78, 5) is 14.6. The van der Waals surface area contributed by atoms with Crippen LogP contribution in [0.2, 0.25) is 0 Å². The fourth-order valence-corrected chi connectivity index (χ4v) is 1.38. The third kappa shape index (κ3) is 1.80. The van der Waals surface area contributed by atoms with Gasteiger partial charge < -0.3 is 9.84 Å². The number of hydrogen-bond donors (Lipinski definition) is 1. The van der Waals surface area contributed by atoms with Crippen LogP contribution < -0.4 is 0 Å². The van der Waals surface area contributed by atoms with Gasteiger partial charge in [0.05, 0.1) is 6.20 Å². The second-order valence-corrected chi connectivity index (χ2v) is 3.14. The number of carbonyl (C=O) groups is 1. The Morgan fingerprint density at radius 3 is 3.12 bits per heavy atom. The average molecular weight is 221 g/mol. The molecule has 1 N–H and O–H groups in total. The van der Waals surface area contributed by atoms with Gasteiger partial charge in [0.15, 0.2) is 18.2 Å². The molecule has 84 valence electrons. The molecule has 16 heavy (non-hydrogen) atoms. The smallest absolute Gasteiger partial charge is 0.200 e. The van der Waals surface area contributed by atoms with E-state index in [9.17, 15) is 9.90 Å². The minimum Gasteiger partial charge on any atom is -0.363 e. The number of nitrogens with zero attached hydrogens (tertiary/aromatic N) is 3. The van der Waals surface area contributed by atoms with Crippen molar-refractivity contribution in [3.05, 3.63) is 29.7 Å². The van der Waals surface area contributed by atoms with Crippen LogP contribution in [-0.4, -0.2) is 32.6 Å². The molecule has 0 saturated heterocycles. The van der Waals surface area contributed by atoms with Crippen LogP contribution in [0.3, 0.4) is 0 Å². The SMILES string of the molecule is CCOC(O)c1cnc2ccc(C=O)nn12. The lowest BCUT2D eigenvalue weighted by atomic mass is 10.4. The fourth-order valence-electron chi connectivity index (χ4n) is 1.38. The van der Waals surface area contributed by atoms with E-state index in [0.29, 0.717) is 24.2 Å². The quantitative estimate of drug-likeness (QED) is 0.603. The van der Waals surface area contributed by atoms with Crippen molar-refractivity contribution in [2.45, 2.75) is 13.2 Å². The van der Waals surface area contributed by atoms with Gasteiger partial charge in [-0.1, -0.05) is 0 Å². The number of imidazole rings is 1. The van der Waals surface area contributed by atoms with Crippen molar-refractivity contribution < 1.29 is 14.6 Å². The predicted molar refractivity (Wildman–Crippen MR) is 55.0 cm³/mol. The molecular weight excluding hydrogens is 210 g/mol. The van der Waals surface area contributed by atoms with Crippen LogP contribution in [0.15, 0.2) is 18.3 Å². The molecular formula is C10H11N3O3. The second-order valence-electron chi connectivity index (χ2n) is 3.14. The number of hydrogen-bond acceptors (Lipinski definition) is 5. The summed E-state index contributed by atoms with van der Waals surface area (Å²) in [5, 5.41) is 13.7. The highest BCUT2D eigenvalue weighted by molar-refractivity contribution is 5.71. The number of aliphatic hydroxyl groups is 1. The molecule has 0 aliphatic rings. The molecule has 2 heterocycles. The van der Waals surface area contributed by atoms with Crippen LogP contribution in [-0.2, 0) is 4.74 Å². The van der Waals surface area contributed by atoms with Crippen molar-refractivity contribution in [3.63, 3.8) is 0 Å². The second kappa shape index (κ2) is 4.38. The van der Waals surface area contributed by atoms with Gasteiger partial charge in [-0.05, 0) is 19.1 Å². The van der Waals surface area contributed by atoms with Crippen molar-refractivity contribution in [3.8, 4) is 0 Å². The van der Waals surface area contributed by atoms with Crippen molar-refractivity contribution in [1.82, 2.24) is 14.6 Å². The van der Waals surface area contributed by atoms with E-state index in [-0.39, 0.29) is 5.69 Å². The standard InChI is InChI=1S/C10H11N3O3/c1-2-16-10(15)8-5-11-9-4-3-7(6-14)12-13(8)9/h3-6,10,15H,2H2,1H3. The van der Waals surface area contributed by atoms with E-state index in [4.69, 9.17) is 4.74 Å². The highest BCUT2D eigenvalue weighted by Gasteiger charge is 2.14. The maximum Gasteiger partial charge on any atom is 0.200 e. The number of ether oxygens (including phenoxy) is 1. The topological polar surface area (TPSA) is 76.7 Å². The van der Waals surface area contributed by atoms with Gasteiger partial charge >= 0.3 is 0 Å². The molecule has 0 amide bonds. The number of carbonyl (C=O) groups excluding carboxylic acids is 1. The Morgan fingerprint density at radius 2 is 2.44 bits per heavy atom. The summed E-state index contributed by atoms with van der Waals surface area (Å²) in [6.45, 7) is 2.15. The third-order valence-corrected chi connectivity index (χ3v) is 2.11. The first-order chi connectivity index (χ1) is 7.76. The Kier molecular flexibility index (Phi) is 2.93. The summed E-state index contributed by atoms with van der Waals surface area (Å²) >= 11 is 0. The molecule has 0 radical (unpaired) electrons. The van der Waals surface area contributed by atoms with Crippen LogP contribution in [0.25, 0.3) is 5.65 Å². The molecule has 1 atom stereocenters. The Labute approximate surface area is 91.5 Å². The van der Waals surface area contributed by atoms with Crippen LogP contribution in [0.5, 0.6) is 0 Å². The lowest BCUT2D eigenvalue weighted by Gasteiger charge is -2.08. The van der Waals surface area contributed by atoms with E-state index in [1.54, 1.807) is 19.1 Å². The lowest BCUT2D eigenvalue weighted by molar-refractivity contribution is -0.102. The molecule has 0 bridgehead atoms. The van der Waals surface area contributed by atoms with Gasteiger partial charge in [-0.2, -0.15) is 5.10 Å². The minimum absolute atomic E-state index is 0.274. The summed E-state index contributed by atoms with van der Waals surface area (Å²) in [5.74, 6) is 0. The first-order valence-electron chi connectivity index (χ1n) is 4.85. The van der Waals surface area contributed by atoms with E-state index in [1.165, 1.54) is 10.7 Å². The maximum absolute atomic E-state index is 10.6. The number of aliphatic hydroxyl groups excluding tert-OH is 1. The Bertz CT molecular complexity index is 509. The van der Waals surface area contributed by atoms with Crippen LogP contribution in [0.4, 0.5) is 0 Å². The molecule has 2 aromatic heterocycles. The highest BCUT2D eigenvalue weighted by atomic mass is 16.6. The molecule has 0 fully saturated rings. The highest BCUT2D eigenvalue weighted by Crippen LogP contribution is 2.15. The molecule has 0 spiro atoms. The number of fused-ring (bicyclic) bond motifs is 1. The lowest BCUT2D eigenvalue weighted by Crippen LogP contribution is -2.08. The summed E-state index contributed by atoms with van der Waals surface area (Å²) in [7, 11) is 0. The molecule has 0 aliphatic heterocycles. The number of aldehydes is 1. The van der Waals surface area contributed by atoms with Gasteiger partial charge in [0.25, 0.3) is 0 Å². The van der Waals surface area contributed by atoms with Gasteiger partial charge in [-0.25, -0.2) is 9.50 Å². The normalized spacial score (nSPS) is 12.9. The number of rotatable bonds is 4. The van der Waals surface area contributed by atoms with E-state index >= 15 is 0 Å². The van der Waals surface area contributed by atoms with Crippen LogP contribution in [0, 0.1) is 0 Å². The Hall–Kier alpha value is -1.79. The fraction of sp³-hybridized carbons (Fsp3) is 0.300. The maximum atomic E-state index is 10.6. The van der Waals surface area contributed by atoms with Crippen molar-refractivity contribution in [1.29, 1.82) is 0 Å². The van der Waals surface area contributed by atoms with E-state index < -0.39 is 6.29 Å². The van der Waals surface area contributed by atoms with Crippen molar-refractivity contribution in [2.24, 2.45) is 0 Å². The van der Waals surface area contributed by atoms with Crippen LogP contribution >= 0.6 is 0 Å². The number of aromatic nitrogens is 3. The molecule has 0 saturated carbocycles. The summed E-state index contributed by atoms with van der Waals surface area (Å²) < 4.78 is 6.43. The zero-order valence-electron chi connectivity index (χ0n) is 8.70. The minimum atomic E-state index is -1.09. The average Bonchev–Trinajstić information content (AvgIpc) is 2.71. The zero-order valence-corrected chi connectivity index (χ0v) is 8.70. The van der Waals surface area contributed by atoms with E-state index in [1.807, 2.05) is 0 Å². The van der Waals surface area contributed by atoms with Gasteiger partial charge in [-0.3, -0.25) is 4.79 Å². The predicted octanol–water partition coefficient (Wildman–Crippen LogP) is 0.569. The summed E-state index contributed by atoms with van der Waals surface area (Å²) in [5.41, 5.74) is 1.23. The first-order valence-corrected chi connectivity index (χ1v) is 4.85. The molecule has 1 unspecified atom stereocenters. The molecule has 6 nitrogen and oxygen atoms in total. The Morgan fingerprint density at radius 1 is 1.62 bits per heavy atom. The van der Waals surface area contributed by atoms with Gasteiger partial charge in [0.2, 0.25) is 0 Å². The zero-order chi connectivity index (χ0) is 11.5. The summed E-state index contributed by atoms with van der Waals surface area (Å²) in [6.07, 6.45) is 1.02.